The predicted octanol–water partition coefficient (Wildman–Crippen LogP) is 3.19. The molecular formula is C19H25N3O3. The number of allylic oxidation sites excluding steroid dienone is 1. The number of nitrogens with zero attached hydrogens (tertiary/aromatic N) is 1. The average Bonchev–Trinajstić information content (AvgIpc) is 2.87. The van der Waals surface area contributed by atoms with Crippen molar-refractivity contribution in [1.82, 2.24) is 10.6 Å². The summed E-state index contributed by atoms with van der Waals surface area (Å²) in [5.41, 5.74) is 2.24. The molecule has 1 aliphatic heterocycles. The highest BCUT2D eigenvalue weighted by Crippen LogP contribution is 2.23. The van der Waals surface area contributed by atoms with E-state index in [1.54, 1.807) is 0 Å². The Bertz CT molecular complexity index is 735. The summed E-state index contributed by atoms with van der Waals surface area (Å²) in [5, 5.41) is 5.32. The molecule has 2 N–H and O–H groups in total. The van der Waals surface area contributed by atoms with E-state index in [-0.39, 0.29) is 17.8 Å². The molecule has 1 aliphatic rings. The van der Waals surface area contributed by atoms with Crippen LogP contribution < -0.4 is 10.6 Å². The largest absolute Gasteiger partial charge is 0.451 e. The Hall–Kier alpha value is -2.63. The van der Waals surface area contributed by atoms with E-state index in [9.17, 15) is 9.59 Å². The van der Waals surface area contributed by atoms with Gasteiger partial charge in [-0.3, -0.25) is 10.1 Å². The fourth-order valence-electron chi connectivity index (χ4n) is 2.51. The molecule has 1 aromatic carbocycles. The fraction of sp³-hybridized carbons (Fsp3) is 0.421. The summed E-state index contributed by atoms with van der Waals surface area (Å²) in [7, 11) is 0. The number of amidine groups is 1. The summed E-state index contributed by atoms with van der Waals surface area (Å²) in [6, 6.07) is 7.17. The second-order valence-corrected chi connectivity index (χ2v) is 7.10. The first kappa shape index (κ1) is 18.7. The number of ether oxygens (including phenoxy) is 1. The summed E-state index contributed by atoms with van der Waals surface area (Å²) in [5.74, 6) is -0.285. The predicted molar refractivity (Wildman–Crippen MR) is 98.0 cm³/mol. The number of aliphatic imine (C=N–C) groups is 1. The van der Waals surface area contributed by atoms with Gasteiger partial charge in [-0.2, -0.15) is 0 Å². The molecule has 0 saturated carbocycles. The van der Waals surface area contributed by atoms with Gasteiger partial charge in [0.2, 0.25) is 0 Å². The van der Waals surface area contributed by atoms with Gasteiger partial charge in [-0.05, 0) is 43.9 Å². The molecule has 0 bridgehead atoms. The van der Waals surface area contributed by atoms with Crippen molar-refractivity contribution in [3.8, 4) is 0 Å². The van der Waals surface area contributed by atoms with Crippen molar-refractivity contribution < 1.29 is 14.3 Å². The van der Waals surface area contributed by atoms with Crippen molar-refractivity contribution in [2.45, 2.75) is 46.3 Å². The highest BCUT2D eigenvalue weighted by molar-refractivity contribution is 6.05. The van der Waals surface area contributed by atoms with Gasteiger partial charge < -0.3 is 10.1 Å². The third kappa shape index (κ3) is 4.47. The van der Waals surface area contributed by atoms with Crippen LogP contribution in [0.25, 0.3) is 5.57 Å². The van der Waals surface area contributed by atoms with Crippen LogP contribution in [-0.2, 0) is 15.1 Å². The Labute approximate surface area is 148 Å². The van der Waals surface area contributed by atoms with Gasteiger partial charge in [-0.15, -0.1) is 4.99 Å². The zero-order valence-corrected chi connectivity index (χ0v) is 15.3. The zero-order valence-electron chi connectivity index (χ0n) is 15.3. The van der Waals surface area contributed by atoms with Crippen LogP contribution in [0.2, 0.25) is 0 Å². The van der Waals surface area contributed by atoms with Gasteiger partial charge in [-0.1, -0.05) is 44.2 Å². The smallest absolute Gasteiger partial charge is 0.346 e. The molecule has 2 rings (SSSR count). The third-order valence-corrected chi connectivity index (χ3v) is 4.03. The third-order valence-electron chi connectivity index (χ3n) is 4.03. The fourth-order valence-corrected chi connectivity index (χ4v) is 2.51. The van der Waals surface area contributed by atoms with Crippen LogP contribution in [0.3, 0.4) is 0 Å². The van der Waals surface area contributed by atoms with E-state index >= 15 is 0 Å². The van der Waals surface area contributed by atoms with Gasteiger partial charge in [0.15, 0.2) is 6.10 Å². The Morgan fingerprint density at radius 2 is 2.08 bits per heavy atom. The molecule has 0 spiro atoms. The van der Waals surface area contributed by atoms with Crippen LogP contribution in [-0.4, -0.2) is 24.1 Å². The first-order valence-electron chi connectivity index (χ1n) is 8.25. The van der Waals surface area contributed by atoms with Gasteiger partial charge in [0, 0.05) is 0 Å². The highest BCUT2D eigenvalue weighted by atomic mass is 16.5. The lowest BCUT2D eigenvalue weighted by Gasteiger charge is -2.26. The Kier molecular flexibility index (Phi) is 5.30. The van der Waals surface area contributed by atoms with E-state index in [2.05, 4.69) is 22.2 Å². The minimum Gasteiger partial charge on any atom is -0.451 e. The molecule has 0 aromatic heterocycles. The van der Waals surface area contributed by atoms with Crippen LogP contribution in [0, 0.1) is 5.92 Å². The number of carbonyl (C=O) groups is 2. The number of amides is 3. The first-order valence-corrected chi connectivity index (χ1v) is 8.25. The summed E-state index contributed by atoms with van der Waals surface area (Å²) in [4.78, 5) is 27.8. The lowest BCUT2D eigenvalue weighted by Crippen LogP contribution is -2.40. The minimum absolute atomic E-state index is 0.00270. The van der Waals surface area contributed by atoms with E-state index in [0.717, 1.165) is 16.7 Å². The Morgan fingerprint density at radius 1 is 1.40 bits per heavy atom. The average molecular weight is 343 g/mol. The van der Waals surface area contributed by atoms with Crippen molar-refractivity contribution in [3.63, 3.8) is 0 Å². The van der Waals surface area contributed by atoms with E-state index in [1.165, 1.54) is 0 Å². The molecule has 25 heavy (non-hydrogen) atoms. The monoisotopic (exact) mass is 343 g/mol. The highest BCUT2D eigenvalue weighted by Gasteiger charge is 2.34. The van der Waals surface area contributed by atoms with Gasteiger partial charge in [0.05, 0.1) is 5.54 Å². The van der Waals surface area contributed by atoms with Crippen molar-refractivity contribution in [2.75, 3.05) is 0 Å². The number of hydrogen-bond donors (Lipinski definition) is 2. The molecule has 6 nitrogen and oxygen atoms in total. The second kappa shape index (κ2) is 7.09. The van der Waals surface area contributed by atoms with E-state index in [1.807, 2.05) is 58.9 Å². The molecule has 1 aromatic rings. The summed E-state index contributed by atoms with van der Waals surface area (Å²) >= 11 is 0. The molecule has 6 heteroatoms. The van der Waals surface area contributed by atoms with Crippen molar-refractivity contribution >= 4 is 23.5 Å². The van der Waals surface area contributed by atoms with Crippen LogP contribution in [0.15, 0.2) is 35.8 Å². The van der Waals surface area contributed by atoms with Crippen LogP contribution in [0.4, 0.5) is 4.79 Å². The molecule has 3 amide bonds. The van der Waals surface area contributed by atoms with Crippen molar-refractivity contribution in [2.24, 2.45) is 10.9 Å². The van der Waals surface area contributed by atoms with Crippen molar-refractivity contribution in [1.29, 1.82) is 0 Å². The van der Waals surface area contributed by atoms with E-state index in [4.69, 9.17) is 4.74 Å². The Morgan fingerprint density at radius 3 is 2.64 bits per heavy atom. The summed E-state index contributed by atoms with van der Waals surface area (Å²) < 4.78 is 5.39. The van der Waals surface area contributed by atoms with Crippen LogP contribution in [0.5, 0.6) is 0 Å². The maximum Gasteiger partial charge on any atom is 0.346 e. The summed E-state index contributed by atoms with van der Waals surface area (Å²) in [6.45, 7) is 13.4. The summed E-state index contributed by atoms with van der Waals surface area (Å²) in [6.07, 6.45) is -0.619. The minimum atomic E-state index is -0.646. The van der Waals surface area contributed by atoms with E-state index in [0.29, 0.717) is 0 Å². The number of rotatable bonds is 4. The van der Waals surface area contributed by atoms with E-state index < -0.39 is 17.7 Å². The lowest BCUT2D eigenvalue weighted by molar-refractivity contribution is -0.124. The number of nitrogens with one attached hydrogen (secondary N) is 2. The molecule has 1 heterocycles. The van der Waals surface area contributed by atoms with Crippen molar-refractivity contribution in [3.05, 3.63) is 42.0 Å². The SMILES string of the molecule is C=C(C)c1cccc(C(C)(C)NC(=O)/N=C2\NC(=O)C(C(C)C)O2)c1. The quantitative estimate of drug-likeness (QED) is 0.881. The lowest BCUT2D eigenvalue weighted by atomic mass is 9.92. The molecule has 0 radical (unpaired) electrons. The molecule has 1 atom stereocenters. The normalized spacial score (nSPS) is 18.9. The van der Waals surface area contributed by atoms with Gasteiger partial charge >= 0.3 is 12.1 Å². The number of urea groups is 1. The van der Waals surface area contributed by atoms with Gasteiger partial charge in [0.1, 0.15) is 0 Å². The molecule has 1 unspecified atom stereocenters. The Balaban J connectivity index is 2.11. The standard InChI is InChI=1S/C19H25N3O3/c1-11(2)13-8-7-9-14(10-13)19(5,6)22-17(24)21-18-20-16(23)15(25-18)12(3)4/h7-10,12,15H,1H2,2-6H3,(H2,20,21,22,23,24). The number of hydrogen-bond acceptors (Lipinski definition) is 3. The maximum absolute atomic E-state index is 12.2. The molecule has 0 aliphatic carbocycles. The zero-order chi connectivity index (χ0) is 18.8. The topological polar surface area (TPSA) is 79.8 Å². The first-order chi connectivity index (χ1) is 11.6. The maximum atomic E-state index is 12.2. The molecular weight excluding hydrogens is 318 g/mol. The number of carbonyl (C=O) groups excluding carboxylic acids is 2. The number of benzene rings is 1. The van der Waals surface area contributed by atoms with Crippen LogP contribution >= 0.6 is 0 Å². The second-order valence-electron chi connectivity index (χ2n) is 7.10. The van der Waals surface area contributed by atoms with Gasteiger partial charge in [-0.25, -0.2) is 4.79 Å². The molecule has 1 fully saturated rings. The van der Waals surface area contributed by atoms with Gasteiger partial charge in [0.25, 0.3) is 5.91 Å². The molecule has 134 valence electrons. The molecule has 1 saturated heterocycles. The van der Waals surface area contributed by atoms with Crippen LogP contribution in [0.1, 0.15) is 45.7 Å².